The minimum absolute atomic E-state index is 0.0105. The fourth-order valence-corrected chi connectivity index (χ4v) is 4.83. The van der Waals surface area contributed by atoms with E-state index in [1.807, 2.05) is 30.0 Å². The van der Waals surface area contributed by atoms with E-state index in [0.717, 1.165) is 5.56 Å². The van der Waals surface area contributed by atoms with Crippen LogP contribution in [0.1, 0.15) is 46.0 Å². The number of piperidine rings is 1. The summed E-state index contributed by atoms with van der Waals surface area (Å²) < 4.78 is 0. The third kappa shape index (κ3) is 5.48. The summed E-state index contributed by atoms with van der Waals surface area (Å²) in [5.41, 5.74) is 2.17. The molecule has 4 rings (SSSR count). The summed E-state index contributed by atoms with van der Waals surface area (Å²) >= 11 is 0. The molecule has 2 aliphatic heterocycles. The van der Waals surface area contributed by atoms with Gasteiger partial charge in [-0.3, -0.25) is 24.5 Å². The number of nitrogens with zero attached hydrogens (tertiary/aromatic N) is 4. The van der Waals surface area contributed by atoms with Crippen molar-refractivity contribution in [3.63, 3.8) is 0 Å². The molecule has 0 saturated carbocycles. The number of nitro benzene ring substituents is 1. The first-order valence-electron chi connectivity index (χ1n) is 12.2. The number of hydrogen-bond donors (Lipinski definition) is 1. The summed E-state index contributed by atoms with van der Waals surface area (Å²) in [6, 6.07) is 12.0. The summed E-state index contributed by atoms with van der Waals surface area (Å²) in [4.78, 5) is 54.0. The normalized spacial score (nSPS) is 16.6. The number of nitro groups is 1. The molecule has 2 aliphatic rings. The highest BCUT2D eigenvalue weighted by Crippen LogP contribution is 2.31. The highest BCUT2D eigenvalue weighted by molar-refractivity contribution is 5.96. The Hall–Kier alpha value is -3.95. The molecule has 2 fully saturated rings. The van der Waals surface area contributed by atoms with E-state index < -0.39 is 4.92 Å². The Morgan fingerprint density at radius 1 is 0.944 bits per heavy atom. The molecule has 2 heterocycles. The monoisotopic (exact) mass is 493 g/mol. The van der Waals surface area contributed by atoms with Gasteiger partial charge in [-0.05, 0) is 43.5 Å². The third-order valence-electron chi connectivity index (χ3n) is 6.99. The Bertz CT molecular complexity index is 1170. The average Bonchev–Trinajstić information content (AvgIpc) is 2.88. The molecule has 2 saturated heterocycles. The van der Waals surface area contributed by atoms with Crippen LogP contribution in [0.5, 0.6) is 0 Å². The molecule has 0 unspecified atom stereocenters. The molecule has 0 aliphatic carbocycles. The minimum atomic E-state index is -0.462. The van der Waals surface area contributed by atoms with Crippen molar-refractivity contribution >= 4 is 29.1 Å². The number of carbonyl (C=O) groups is 3. The quantitative estimate of drug-likeness (QED) is 0.506. The number of nitrogens with one attached hydrogen (secondary N) is 1. The van der Waals surface area contributed by atoms with Crippen LogP contribution in [-0.2, 0) is 4.79 Å². The Kier molecular flexibility index (Phi) is 7.52. The molecule has 0 bridgehead atoms. The number of aryl methyl sites for hydroxylation is 1. The van der Waals surface area contributed by atoms with Crippen molar-refractivity contribution in [2.24, 2.45) is 0 Å². The lowest BCUT2D eigenvalue weighted by Crippen LogP contribution is -2.48. The summed E-state index contributed by atoms with van der Waals surface area (Å²) in [7, 11) is 0. The van der Waals surface area contributed by atoms with E-state index in [0.29, 0.717) is 63.4 Å². The van der Waals surface area contributed by atoms with Crippen LogP contribution in [0, 0.1) is 17.0 Å². The number of amides is 3. The van der Waals surface area contributed by atoms with Crippen LogP contribution in [0.2, 0.25) is 0 Å². The lowest BCUT2D eigenvalue weighted by atomic mass is 10.0. The zero-order valence-corrected chi connectivity index (χ0v) is 20.6. The van der Waals surface area contributed by atoms with Gasteiger partial charge in [-0.2, -0.15) is 0 Å². The predicted octanol–water partition coefficient (Wildman–Crippen LogP) is 2.61. The second-order valence-electron chi connectivity index (χ2n) is 9.31. The number of piperazine rings is 1. The summed E-state index contributed by atoms with van der Waals surface area (Å²) in [6.07, 6.45) is 1.23. The molecule has 3 amide bonds. The van der Waals surface area contributed by atoms with Gasteiger partial charge in [0.2, 0.25) is 5.91 Å². The first-order valence-corrected chi connectivity index (χ1v) is 12.2. The molecule has 0 aromatic heterocycles. The molecule has 2 aromatic rings. The molecule has 1 N–H and O–H groups in total. The Balaban J connectivity index is 1.38. The Morgan fingerprint density at radius 2 is 1.61 bits per heavy atom. The van der Waals surface area contributed by atoms with Crippen LogP contribution in [-0.4, -0.2) is 77.8 Å². The van der Waals surface area contributed by atoms with E-state index in [1.165, 1.54) is 13.0 Å². The van der Waals surface area contributed by atoms with E-state index >= 15 is 0 Å². The number of anilines is 1. The van der Waals surface area contributed by atoms with Crippen LogP contribution < -0.4 is 10.2 Å². The molecule has 10 heteroatoms. The highest BCUT2D eigenvalue weighted by Gasteiger charge is 2.29. The van der Waals surface area contributed by atoms with E-state index in [4.69, 9.17) is 0 Å². The van der Waals surface area contributed by atoms with Crippen LogP contribution in [0.4, 0.5) is 11.4 Å². The van der Waals surface area contributed by atoms with Gasteiger partial charge in [-0.25, -0.2) is 0 Å². The first kappa shape index (κ1) is 25.2. The van der Waals surface area contributed by atoms with Crippen molar-refractivity contribution in [3.8, 4) is 0 Å². The molecule has 0 spiro atoms. The zero-order valence-electron chi connectivity index (χ0n) is 20.6. The van der Waals surface area contributed by atoms with Gasteiger partial charge in [0.05, 0.1) is 4.92 Å². The van der Waals surface area contributed by atoms with Crippen molar-refractivity contribution in [2.45, 2.75) is 32.7 Å². The fraction of sp³-hybridized carbons (Fsp3) is 0.423. The molecular weight excluding hydrogens is 462 g/mol. The van der Waals surface area contributed by atoms with Gasteiger partial charge in [0.15, 0.2) is 0 Å². The van der Waals surface area contributed by atoms with Gasteiger partial charge in [0.25, 0.3) is 17.5 Å². The number of rotatable bonds is 5. The minimum Gasteiger partial charge on any atom is -0.362 e. The van der Waals surface area contributed by atoms with Gasteiger partial charge < -0.3 is 20.0 Å². The zero-order chi connectivity index (χ0) is 25.8. The van der Waals surface area contributed by atoms with Crippen molar-refractivity contribution < 1.29 is 19.3 Å². The number of hydrogen-bond acceptors (Lipinski definition) is 6. The number of benzene rings is 2. The molecule has 36 heavy (non-hydrogen) atoms. The fourth-order valence-electron chi connectivity index (χ4n) is 4.83. The number of likely N-dealkylation sites (tertiary alicyclic amines) is 1. The average molecular weight is 494 g/mol. The lowest BCUT2D eigenvalue weighted by Gasteiger charge is -2.35. The van der Waals surface area contributed by atoms with Crippen molar-refractivity contribution in [1.29, 1.82) is 0 Å². The number of carbonyl (C=O) groups excluding carboxylic acids is 3. The molecule has 2 aromatic carbocycles. The maximum absolute atomic E-state index is 13.1. The molecule has 190 valence electrons. The standard InChI is InChI=1S/C26H31N5O5/c1-18-5-3-4-6-22(18)25(33)27-21-9-11-30(12-10-21)26(34)20-7-8-23(24(17-20)31(35)36)29-15-13-28(14-16-29)19(2)32/h3-8,17,21H,9-16H2,1-2H3,(H,27,33). The van der Waals surface area contributed by atoms with Crippen LogP contribution in [0.25, 0.3) is 0 Å². The van der Waals surface area contributed by atoms with Crippen LogP contribution in [0.15, 0.2) is 42.5 Å². The van der Waals surface area contributed by atoms with Gasteiger partial charge in [-0.15, -0.1) is 0 Å². The Labute approximate surface area is 210 Å². The second kappa shape index (κ2) is 10.8. The second-order valence-corrected chi connectivity index (χ2v) is 9.31. The maximum Gasteiger partial charge on any atom is 0.293 e. The largest absolute Gasteiger partial charge is 0.362 e. The van der Waals surface area contributed by atoms with E-state index in [9.17, 15) is 24.5 Å². The summed E-state index contributed by atoms with van der Waals surface area (Å²) in [5, 5.41) is 14.9. The van der Waals surface area contributed by atoms with Crippen molar-refractivity contribution in [1.82, 2.24) is 15.1 Å². The van der Waals surface area contributed by atoms with Crippen LogP contribution >= 0.6 is 0 Å². The molecule has 0 atom stereocenters. The van der Waals surface area contributed by atoms with E-state index in [2.05, 4.69) is 5.32 Å². The topological polar surface area (TPSA) is 116 Å². The summed E-state index contributed by atoms with van der Waals surface area (Å²) in [6.45, 7) is 6.32. The SMILES string of the molecule is CC(=O)N1CCN(c2ccc(C(=O)N3CCC(NC(=O)c4ccccc4C)CC3)cc2[N+](=O)[O-])CC1. The van der Waals surface area contributed by atoms with Gasteiger partial charge in [-0.1, -0.05) is 18.2 Å². The predicted molar refractivity (Wildman–Crippen MR) is 135 cm³/mol. The Morgan fingerprint density at radius 3 is 2.22 bits per heavy atom. The lowest BCUT2D eigenvalue weighted by molar-refractivity contribution is -0.384. The highest BCUT2D eigenvalue weighted by atomic mass is 16.6. The molecular formula is C26H31N5O5. The van der Waals surface area contributed by atoms with Crippen molar-refractivity contribution in [2.75, 3.05) is 44.2 Å². The van der Waals surface area contributed by atoms with Gasteiger partial charge >= 0.3 is 0 Å². The molecule has 0 radical (unpaired) electrons. The first-order chi connectivity index (χ1) is 17.2. The smallest absolute Gasteiger partial charge is 0.293 e. The van der Waals surface area contributed by atoms with E-state index in [1.54, 1.807) is 28.0 Å². The third-order valence-corrected chi connectivity index (χ3v) is 6.99. The van der Waals surface area contributed by atoms with Gasteiger partial charge in [0.1, 0.15) is 5.69 Å². The van der Waals surface area contributed by atoms with Crippen molar-refractivity contribution in [3.05, 3.63) is 69.3 Å². The van der Waals surface area contributed by atoms with E-state index in [-0.39, 0.29) is 35.0 Å². The summed E-state index contributed by atoms with van der Waals surface area (Å²) in [5.74, 6) is -0.383. The van der Waals surface area contributed by atoms with Crippen LogP contribution in [0.3, 0.4) is 0 Å². The maximum atomic E-state index is 13.1. The molecule has 10 nitrogen and oxygen atoms in total. The van der Waals surface area contributed by atoms with Gasteiger partial charge in [0, 0.05) is 69.4 Å².